The summed E-state index contributed by atoms with van der Waals surface area (Å²) >= 11 is 0. The summed E-state index contributed by atoms with van der Waals surface area (Å²) in [5, 5.41) is 18.5. The number of hydrogen-bond acceptors (Lipinski definition) is 8. The molecule has 0 fully saturated rings. The fourth-order valence-electron chi connectivity index (χ4n) is 3.36. The average molecular weight is 503 g/mol. The predicted octanol–water partition coefficient (Wildman–Crippen LogP) is 5.31. The van der Waals surface area contributed by atoms with E-state index in [-0.39, 0.29) is 11.4 Å². The quantitative estimate of drug-likeness (QED) is 0.227. The molecule has 0 aliphatic heterocycles. The summed E-state index contributed by atoms with van der Waals surface area (Å²) in [4.78, 5) is 38.7. The number of hydrogen-bond donors (Lipinski definition) is 3. The smallest absolute Gasteiger partial charge is 0.327 e. The number of fused-ring (bicyclic) bond motifs is 1. The minimum absolute atomic E-state index is 0.117. The van der Waals surface area contributed by atoms with E-state index in [0.717, 1.165) is 5.39 Å². The van der Waals surface area contributed by atoms with Crippen LogP contribution in [-0.4, -0.2) is 36.2 Å². The molecule has 0 atom stereocenters. The number of ether oxygens (including phenoxy) is 3. The van der Waals surface area contributed by atoms with Gasteiger partial charge in [-0.25, -0.2) is 9.59 Å². The van der Waals surface area contributed by atoms with Crippen molar-refractivity contribution < 1.29 is 28.7 Å². The fourth-order valence-corrected chi connectivity index (χ4v) is 3.36. The highest BCUT2D eigenvalue weighted by Crippen LogP contribution is 2.37. The van der Waals surface area contributed by atoms with Gasteiger partial charge in [-0.1, -0.05) is 0 Å². The van der Waals surface area contributed by atoms with E-state index >= 15 is 0 Å². The summed E-state index contributed by atoms with van der Waals surface area (Å²) in [7, 11) is 3.09. The molecule has 37 heavy (non-hydrogen) atoms. The number of imide groups is 1. The lowest BCUT2D eigenvalue weighted by atomic mass is 10.2. The Labute approximate surface area is 210 Å². The van der Waals surface area contributed by atoms with Gasteiger partial charge in [0.2, 0.25) is 0 Å². The van der Waals surface area contributed by atoms with Gasteiger partial charge in [-0.2, -0.15) is 0 Å². The first kappa shape index (κ1) is 24.7. The van der Waals surface area contributed by atoms with Gasteiger partial charge in [0.1, 0.15) is 11.5 Å². The van der Waals surface area contributed by atoms with E-state index in [2.05, 4.69) is 20.9 Å². The van der Waals surface area contributed by atoms with Crippen LogP contribution in [0.2, 0.25) is 0 Å². The van der Waals surface area contributed by atoms with Crippen molar-refractivity contribution >= 4 is 40.0 Å². The van der Waals surface area contributed by atoms with Gasteiger partial charge in [0.15, 0.2) is 11.5 Å². The van der Waals surface area contributed by atoms with Crippen molar-refractivity contribution in [3.05, 3.63) is 83.0 Å². The molecular weight excluding hydrogens is 482 g/mol. The number of carbonyl (C=O) groups is 2. The Balaban J connectivity index is 1.37. The molecule has 3 N–H and O–H groups in total. The fraction of sp³-hybridized carbons (Fsp3) is 0.0800. The van der Waals surface area contributed by atoms with Crippen LogP contribution in [0.4, 0.5) is 26.7 Å². The number of rotatable bonds is 7. The summed E-state index contributed by atoms with van der Waals surface area (Å²) in [6.07, 6.45) is 1.62. The molecule has 4 rings (SSSR count). The van der Waals surface area contributed by atoms with E-state index in [4.69, 9.17) is 14.2 Å². The monoisotopic (exact) mass is 503 g/mol. The largest absolute Gasteiger partial charge is 0.493 e. The average Bonchev–Trinajstić information content (AvgIpc) is 2.89. The molecule has 0 unspecified atom stereocenters. The van der Waals surface area contributed by atoms with Gasteiger partial charge in [-0.3, -0.25) is 20.4 Å². The Morgan fingerprint density at radius 3 is 1.95 bits per heavy atom. The maximum atomic E-state index is 12.2. The molecular formula is C25H21N5O7. The molecule has 0 saturated heterocycles. The summed E-state index contributed by atoms with van der Waals surface area (Å²) in [6, 6.07) is 15.4. The first-order valence-electron chi connectivity index (χ1n) is 10.8. The van der Waals surface area contributed by atoms with Crippen molar-refractivity contribution in [1.29, 1.82) is 0 Å². The Morgan fingerprint density at radius 2 is 1.38 bits per heavy atom. The molecule has 4 aromatic rings. The maximum absolute atomic E-state index is 12.2. The van der Waals surface area contributed by atoms with Gasteiger partial charge in [0.25, 0.3) is 5.69 Å². The highest BCUT2D eigenvalue weighted by Gasteiger charge is 2.13. The molecule has 188 valence electrons. The lowest BCUT2D eigenvalue weighted by Gasteiger charge is -2.13. The van der Waals surface area contributed by atoms with Crippen LogP contribution in [0.15, 0.2) is 72.9 Å². The number of methoxy groups -OCH3 is 2. The van der Waals surface area contributed by atoms with Gasteiger partial charge in [-0.15, -0.1) is 0 Å². The second-order valence-corrected chi connectivity index (χ2v) is 7.50. The Morgan fingerprint density at radius 1 is 0.811 bits per heavy atom. The van der Waals surface area contributed by atoms with E-state index < -0.39 is 17.0 Å². The van der Waals surface area contributed by atoms with E-state index in [1.807, 2.05) is 0 Å². The van der Waals surface area contributed by atoms with Crippen LogP contribution in [0.1, 0.15) is 0 Å². The number of nitro benzene ring substituents is 1. The zero-order valence-electron chi connectivity index (χ0n) is 19.7. The second-order valence-electron chi connectivity index (χ2n) is 7.50. The number of amides is 4. The molecule has 0 saturated carbocycles. The molecule has 12 nitrogen and oxygen atoms in total. The molecule has 0 spiro atoms. The second kappa shape index (κ2) is 10.9. The number of pyridine rings is 1. The highest BCUT2D eigenvalue weighted by atomic mass is 16.6. The van der Waals surface area contributed by atoms with E-state index in [0.29, 0.717) is 34.2 Å². The van der Waals surface area contributed by atoms with Crippen LogP contribution in [0.25, 0.3) is 10.9 Å². The molecule has 0 aliphatic carbocycles. The Hall–Kier alpha value is -5.39. The Bertz CT molecular complexity index is 1460. The molecule has 1 aromatic heterocycles. The molecule has 1 heterocycles. The molecule has 3 aromatic carbocycles. The van der Waals surface area contributed by atoms with Crippen LogP contribution in [0.5, 0.6) is 23.0 Å². The van der Waals surface area contributed by atoms with Crippen LogP contribution in [0.3, 0.4) is 0 Å². The van der Waals surface area contributed by atoms with Crippen molar-refractivity contribution in [2.45, 2.75) is 0 Å². The van der Waals surface area contributed by atoms with Crippen LogP contribution >= 0.6 is 0 Å². The van der Waals surface area contributed by atoms with Crippen molar-refractivity contribution in [3.8, 4) is 23.0 Å². The van der Waals surface area contributed by atoms with E-state index in [1.54, 1.807) is 62.9 Å². The molecule has 0 aliphatic rings. The number of urea groups is 2. The third kappa shape index (κ3) is 6.00. The number of carbonyl (C=O) groups excluding carboxylic acids is 2. The predicted molar refractivity (Wildman–Crippen MR) is 136 cm³/mol. The minimum atomic E-state index is -0.803. The highest BCUT2D eigenvalue weighted by molar-refractivity contribution is 6.05. The standard InChI is InChI=1S/C25H21N5O7/c1-35-22-13-19-20(14-23(22)36-2)26-12-11-21(19)37-18-9-5-16(6-10-18)28-25(32)29-24(31)27-15-3-7-17(8-4-15)30(33)34/h3-14H,1-2H3,(H3,27,28,29,31,32). The van der Waals surface area contributed by atoms with Crippen LogP contribution < -0.4 is 30.2 Å². The van der Waals surface area contributed by atoms with Gasteiger partial charge in [0, 0.05) is 41.2 Å². The van der Waals surface area contributed by atoms with Crippen molar-refractivity contribution in [1.82, 2.24) is 10.3 Å². The number of nitrogens with zero attached hydrogens (tertiary/aromatic N) is 2. The van der Waals surface area contributed by atoms with Crippen molar-refractivity contribution in [3.63, 3.8) is 0 Å². The lowest BCUT2D eigenvalue weighted by molar-refractivity contribution is -0.384. The van der Waals surface area contributed by atoms with Gasteiger partial charge in [0.05, 0.1) is 24.7 Å². The van der Waals surface area contributed by atoms with Crippen molar-refractivity contribution in [2.75, 3.05) is 24.9 Å². The molecule has 12 heteroatoms. The number of benzene rings is 3. The first-order chi connectivity index (χ1) is 17.9. The molecule has 0 radical (unpaired) electrons. The Kier molecular flexibility index (Phi) is 7.29. The SMILES string of the molecule is COc1cc2nccc(Oc3ccc(NC(=O)NC(=O)Nc4ccc([N+](=O)[O-])cc4)cc3)c2cc1OC. The van der Waals surface area contributed by atoms with Gasteiger partial charge >= 0.3 is 12.1 Å². The molecule has 0 bridgehead atoms. The topological polar surface area (TPSA) is 154 Å². The summed E-state index contributed by atoms with van der Waals surface area (Å²) in [5.74, 6) is 2.14. The van der Waals surface area contributed by atoms with Crippen LogP contribution in [-0.2, 0) is 0 Å². The number of aromatic nitrogens is 1. The zero-order valence-corrected chi connectivity index (χ0v) is 19.7. The normalized spacial score (nSPS) is 10.3. The van der Waals surface area contributed by atoms with E-state index in [9.17, 15) is 19.7 Å². The van der Waals surface area contributed by atoms with Crippen LogP contribution in [0, 0.1) is 10.1 Å². The number of anilines is 2. The van der Waals surface area contributed by atoms with Crippen molar-refractivity contribution in [2.24, 2.45) is 0 Å². The summed E-state index contributed by atoms with van der Waals surface area (Å²) < 4.78 is 16.7. The zero-order chi connectivity index (χ0) is 26.4. The molecule has 4 amide bonds. The minimum Gasteiger partial charge on any atom is -0.493 e. The third-order valence-electron chi connectivity index (χ3n) is 5.11. The summed E-state index contributed by atoms with van der Waals surface area (Å²) in [5.41, 5.74) is 1.25. The lowest BCUT2D eigenvalue weighted by Crippen LogP contribution is -2.37. The van der Waals surface area contributed by atoms with Gasteiger partial charge in [-0.05, 0) is 48.5 Å². The number of non-ortho nitro benzene ring substituents is 1. The third-order valence-corrected chi connectivity index (χ3v) is 5.11. The number of nitro groups is 1. The summed E-state index contributed by atoms with van der Waals surface area (Å²) in [6.45, 7) is 0. The number of nitrogens with one attached hydrogen (secondary N) is 3. The first-order valence-corrected chi connectivity index (χ1v) is 10.8. The van der Waals surface area contributed by atoms with Gasteiger partial charge < -0.3 is 24.8 Å². The van der Waals surface area contributed by atoms with E-state index in [1.165, 1.54) is 24.3 Å². The maximum Gasteiger partial charge on any atom is 0.327 e.